The molecule has 2 aromatic heterocycles. The normalized spacial score (nSPS) is 10.6. The van der Waals surface area contributed by atoms with Crippen LogP contribution in [-0.4, -0.2) is 39.3 Å². The fourth-order valence-corrected chi connectivity index (χ4v) is 2.51. The largest absolute Gasteiger partial charge is 0.356 e. The number of benzene rings is 1. The van der Waals surface area contributed by atoms with Crippen LogP contribution in [-0.2, 0) is 4.79 Å². The van der Waals surface area contributed by atoms with E-state index in [1.54, 1.807) is 0 Å². The number of anilines is 1. The van der Waals surface area contributed by atoms with Crippen molar-refractivity contribution in [1.29, 1.82) is 0 Å². The van der Waals surface area contributed by atoms with Crippen LogP contribution in [0, 0.1) is 0 Å². The molecule has 2 amide bonds. The SMILES string of the molecule is CC(=O)c1c[nH]c(C(=O)NCC(=O)Nc2cccc3c(=O)[nH][nH]c(=O)c23)c1. The Hall–Kier alpha value is -3.95. The van der Waals surface area contributed by atoms with Gasteiger partial charge in [-0.15, -0.1) is 0 Å². The molecular weight excluding hydrogens is 354 g/mol. The summed E-state index contributed by atoms with van der Waals surface area (Å²) in [6.45, 7) is 1.00. The van der Waals surface area contributed by atoms with Gasteiger partial charge in [-0.05, 0) is 25.1 Å². The van der Waals surface area contributed by atoms with Crippen molar-refractivity contribution >= 4 is 34.1 Å². The van der Waals surface area contributed by atoms with E-state index in [1.807, 2.05) is 0 Å². The van der Waals surface area contributed by atoms with E-state index < -0.39 is 22.9 Å². The van der Waals surface area contributed by atoms with Gasteiger partial charge in [-0.1, -0.05) is 6.07 Å². The lowest BCUT2D eigenvalue weighted by Gasteiger charge is -2.08. The van der Waals surface area contributed by atoms with Crippen molar-refractivity contribution in [3.05, 3.63) is 62.4 Å². The number of Topliss-reactive ketones (excluding diaryl/α,β-unsaturated/α-hetero) is 1. The molecule has 0 aliphatic rings. The van der Waals surface area contributed by atoms with Crippen LogP contribution in [0.15, 0.2) is 40.1 Å². The predicted molar refractivity (Wildman–Crippen MR) is 96.9 cm³/mol. The van der Waals surface area contributed by atoms with Gasteiger partial charge in [0.05, 0.1) is 23.0 Å². The standard InChI is InChI=1S/C17H15N5O5/c1-8(23)9-5-12(18-6-9)16(26)19-7-13(24)20-11-4-2-3-10-14(11)17(27)22-21-15(10)25/h2-6,18H,7H2,1H3,(H,19,26)(H,20,24)(H,21,25)(H,22,27). The fraction of sp³-hybridized carbons (Fsp3) is 0.118. The average molecular weight is 369 g/mol. The third kappa shape index (κ3) is 3.68. The number of amides is 2. The summed E-state index contributed by atoms with van der Waals surface area (Å²) in [5.74, 6) is -1.35. The summed E-state index contributed by atoms with van der Waals surface area (Å²) in [6.07, 6.45) is 1.40. The lowest BCUT2D eigenvalue weighted by molar-refractivity contribution is -0.115. The maximum Gasteiger partial charge on any atom is 0.272 e. The second-order valence-corrected chi connectivity index (χ2v) is 5.73. The van der Waals surface area contributed by atoms with Gasteiger partial charge in [-0.3, -0.25) is 34.2 Å². The summed E-state index contributed by atoms with van der Waals surface area (Å²) in [5, 5.41) is 9.45. The van der Waals surface area contributed by atoms with E-state index in [2.05, 4.69) is 25.8 Å². The van der Waals surface area contributed by atoms with E-state index in [9.17, 15) is 24.0 Å². The lowest BCUT2D eigenvalue weighted by atomic mass is 10.1. The Morgan fingerprint density at radius 2 is 1.81 bits per heavy atom. The number of H-pyrrole nitrogens is 3. The Labute approximate surface area is 151 Å². The third-order valence-corrected chi connectivity index (χ3v) is 3.84. The van der Waals surface area contributed by atoms with E-state index in [4.69, 9.17) is 0 Å². The van der Waals surface area contributed by atoms with E-state index in [0.717, 1.165) is 0 Å². The van der Waals surface area contributed by atoms with Crippen LogP contribution in [0.2, 0.25) is 0 Å². The lowest BCUT2D eigenvalue weighted by Crippen LogP contribution is -2.33. The summed E-state index contributed by atoms with van der Waals surface area (Å²) in [4.78, 5) is 61.7. The van der Waals surface area contributed by atoms with Crippen molar-refractivity contribution in [2.75, 3.05) is 11.9 Å². The molecule has 10 nitrogen and oxygen atoms in total. The number of hydrogen-bond donors (Lipinski definition) is 5. The third-order valence-electron chi connectivity index (χ3n) is 3.84. The van der Waals surface area contributed by atoms with E-state index in [-0.39, 0.29) is 34.5 Å². The van der Waals surface area contributed by atoms with Crippen molar-refractivity contribution < 1.29 is 14.4 Å². The monoisotopic (exact) mass is 369 g/mol. The van der Waals surface area contributed by atoms with Crippen LogP contribution in [0.5, 0.6) is 0 Å². The Morgan fingerprint density at radius 1 is 1.07 bits per heavy atom. The summed E-state index contributed by atoms with van der Waals surface area (Å²) in [6, 6.07) is 5.83. The topological polar surface area (TPSA) is 157 Å². The van der Waals surface area contributed by atoms with Crippen molar-refractivity contribution in [1.82, 2.24) is 20.5 Å². The number of carbonyl (C=O) groups is 3. The zero-order chi connectivity index (χ0) is 19.6. The van der Waals surface area contributed by atoms with Crippen molar-refractivity contribution in [2.24, 2.45) is 0 Å². The van der Waals surface area contributed by atoms with Gasteiger partial charge < -0.3 is 15.6 Å². The predicted octanol–water partition coefficient (Wildman–Crippen LogP) is 0.116. The number of fused-ring (bicyclic) bond motifs is 1. The minimum atomic E-state index is -0.589. The average Bonchev–Trinajstić information content (AvgIpc) is 3.13. The summed E-state index contributed by atoms with van der Waals surface area (Å²) < 4.78 is 0. The zero-order valence-corrected chi connectivity index (χ0v) is 14.1. The Bertz CT molecular complexity index is 1170. The first-order valence-electron chi connectivity index (χ1n) is 7.88. The van der Waals surface area contributed by atoms with Gasteiger partial charge in [0, 0.05) is 11.8 Å². The Kier molecular flexibility index (Phi) is 4.71. The van der Waals surface area contributed by atoms with Gasteiger partial charge in [0.2, 0.25) is 5.91 Å². The number of ketones is 1. The van der Waals surface area contributed by atoms with Crippen LogP contribution < -0.4 is 21.8 Å². The highest BCUT2D eigenvalue weighted by molar-refractivity contribution is 6.04. The van der Waals surface area contributed by atoms with Gasteiger partial charge in [0.25, 0.3) is 17.0 Å². The molecule has 0 unspecified atom stereocenters. The molecule has 27 heavy (non-hydrogen) atoms. The number of nitrogens with one attached hydrogen (secondary N) is 5. The highest BCUT2D eigenvalue weighted by Crippen LogP contribution is 2.16. The van der Waals surface area contributed by atoms with Crippen molar-refractivity contribution in [3.63, 3.8) is 0 Å². The molecule has 0 saturated carbocycles. The molecule has 138 valence electrons. The highest BCUT2D eigenvalue weighted by atomic mass is 16.2. The molecule has 0 radical (unpaired) electrons. The second-order valence-electron chi connectivity index (χ2n) is 5.73. The number of hydrogen-bond acceptors (Lipinski definition) is 5. The van der Waals surface area contributed by atoms with Gasteiger partial charge in [0.15, 0.2) is 5.78 Å². The fourth-order valence-electron chi connectivity index (χ4n) is 2.51. The number of aromatic nitrogens is 3. The van der Waals surface area contributed by atoms with E-state index in [1.165, 1.54) is 37.4 Å². The van der Waals surface area contributed by atoms with Gasteiger partial charge in [-0.2, -0.15) is 0 Å². The van der Waals surface area contributed by atoms with Crippen molar-refractivity contribution in [3.8, 4) is 0 Å². The van der Waals surface area contributed by atoms with Crippen LogP contribution in [0.4, 0.5) is 5.69 Å². The minimum Gasteiger partial charge on any atom is -0.356 e. The summed E-state index contributed by atoms with van der Waals surface area (Å²) >= 11 is 0. The van der Waals surface area contributed by atoms with E-state index >= 15 is 0 Å². The molecule has 2 heterocycles. The zero-order valence-electron chi connectivity index (χ0n) is 14.1. The summed E-state index contributed by atoms with van der Waals surface area (Å²) in [5.41, 5.74) is -0.418. The van der Waals surface area contributed by atoms with Crippen molar-refractivity contribution in [2.45, 2.75) is 6.92 Å². The molecular formula is C17H15N5O5. The molecule has 0 atom stereocenters. The minimum absolute atomic E-state index is 0.0383. The molecule has 10 heteroatoms. The van der Waals surface area contributed by atoms with Crippen LogP contribution in [0.25, 0.3) is 10.8 Å². The second kappa shape index (κ2) is 7.12. The molecule has 5 N–H and O–H groups in total. The maximum absolute atomic E-state index is 12.1. The first kappa shape index (κ1) is 17.9. The first-order valence-corrected chi connectivity index (χ1v) is 7.88. The van der Waals surface area contributed by atoms with Crippen LogP contribution in [0.3, 0.4) is 0 Å². The van der Waals surface area contributed by atoms with Gasteiger partial charge in [-0.25, -0.2) is 0 Å². The molecule has 0 saturated heterocycles. The smallest absolute Gasteiger partial charge is 0.272 e. The Balaban J connectivity index is 1.71. The molecule has 0 bridgehead atoms. The molecule has 3 rings (SSSR count). The van der Waals surface area contributed by atoms with Gasteiger partial charge >= 0.3 is 0 Å². The van der Waals surface area contributed by atoms with E-state index in [0.29, 0.717) is 5.56 Å². The molecule has 0 fully saturated rings. The number of carbonyl (C=O) groups excluding carboxylic acids is 3. The molecule has 1 aromatic carbocycles. The molecule has 0 aliphatic carbocycles. The molecule has 0 spiro atoms. The number of rotatable bonds is 5. The summed E-state index contributed by atoms with van der Waals surface area (Å²) in [7, 11) is 0. The van der Waals surface area contributed by atoms with Crippen LogP contribution >= 0.6 is 0 Å². The molecule has 3 aromatic rings. The highest BCUT2D eigenvalue weighted by Gasteiger charge is 2.14. The quantitative estimate of drug-likeness (QED) is 0.404. The first-order chi connectivity index (χ1) is 12.9. The maximum atomic E-state index is 12.1. The van der Waals surface area contributed by atoms with Gasteiger partial charge in [0.1, 0.15) is 5.69 Å². The number of aromatic amines is 3. The Morgan fingerprint density at radius 3 is 2.52 bits per heavy atom. The molecule has 0 aliphatic heterocycles. The van der Waals surface area contributed by atoms with Crippen LogP contribution in [0.1, 0.15) is 27.8 Å².